The second-order valence-electron chi connectivity index (χ2n) is 5.78. The Hall–Kier alpha value is -0.860. The van der Waals surface area contributed by atoms with Crippen molar-refractivity contribution in [1.82, 2.24) is 5.32 Å². The van der Waals surface area contributed by atoms with Crippen LogP contribution in [0.2, 0.25) is 0 Å². The fourth-order valence-corrected chi connectivity index (χ4v) is 2.81. The summed E-state index contributed by atoms with van der Waals surface area (Å²) in [6, 6.07) is 8.76. The maximum absolute atomic E-state index is 6.49. The standard InChI is InChI=1S/C17H27NO/c1-4-17(3,13-18-5-2)19-16-12-8-10-14-9-6-7-11-15(14)16/h6-7,9,11,16,18H,4-5,8,10,12-13H2,1-3H3. The van der Waals surface area contributed by atoms with Crippen molar-refractivity contribution in [2.75, 3.05) is 13.1 Å². The minimum Gasteiger partial charge on any atom is -0.366 e. The number of nitrogens with one attached hydrogen (secondary N) is 1. The maximum Gasteiger partial charge on any atom is 0.0835 e. The Morgan fingerprint density at radius 2 is 2.11 bits per heavy atom. The average Bonchev–Trinajstić information content (AvgIpc) is 2.46. The highest BCUT2D eigenvalue weighted by molar-refractivity contribution is 5.31. The molecule has 0 saturated heterocycles. The first-order chi connectivity index (χ1) is 9.18. The van der Waals surface area contributed by atoms with Gasteiger partial charge < -0.3 is 10.1 Å². The predicted molar refractivity (Wildman–Crippen MR) is 80.4 cm³/mol. The van der Waals surface area contributed by atoms with Gasteiger partial charge in [0.1, 0.15) is 0 Å². The normalized spacial score (nSPS) is 21.7. The molecule has 1 aliphatic carbocycles. The van der Waals surface area contributed by atoms with Gasteiger partial charge in [0.2, 0.25) is 0 Å². The van der Waals surface area contributed by atoms with E-state index in [0.29, 0.717) is 0 Å². The first-order valence-corrected chi connectivity index (χ1v) is 7.65. The summed E-state index contributed by atoms with van der Waals surface area (Å²) in [4.78, 5) is 0. The van der Waals surface area contributed by atoms with Crippen LogP contribution >= 0.6 is 0 Å². The maximum atomic E-state index is 6.49. The van der Waals surface area contributed by atoms with E-state index < -0.39 is 0 Å². The molecule has 106 valence electrons. The lowest BCUT2D eigenvalue weighted by Gasteiger charge is -2.36. The molecule has 0 fully saturated rings. The molecular formula is C17H27NO. The second-order valence-corrected chi connectivity index (χ2v) is 5.78. The number of likely N-dealkylation sites (N-methyl/N-ethyl adjacent to an activating group) is 1. The lowest BCUT2D eigenvalue weighted by Crippen LogP contribution is -2.41. The fourth-order valence-electron chi connectivity index (χ4n) is 2.81. The molecule has 2 unspecified atom stereocenters. The first kappa shape index (κ1) is 14.5. The third-order valence-corrected chi connectivity index (χ3v) is 4.24. The van der Waals surface area contributed by atoms with Crippen LogP contribution in [-0.2, 0) is 11.2 Å². The highest BCUT2D eigenvalue weighted by atomic mass is 16.5. The van der Waals surface area contributed by atoms with Crippen LogP contribution < -0.4 is 5.32 Å². The SMILES string of the molecule is CCNCC(C)(CC)OC1CCCc2ccccc21. The second kappa shape index (κ2) is 6.53. The largest absolute Gasteiger partial charge is 0.366 e. The number of fused-ring (bicyclic) bond motifs is 1. The van der Waals surface area contributed by atoms with E-state index in [0.717, 1.165) is 25.9 Å². The molecule has 0 heterocycles. The molecule has 2 rings (SSSR count). The van der Waals surface area contributed by atoms with Crippen molar-refractivity contribution in [2.24, 2.45) is 0 Å². The van der Waals surface area contributed by atoms with E-state index in [2.05, 4.69) is 50.4 Å². The Balaban J connectivity index is 2.10. The molecule has 0 amide bonds. The van der Waals surface area contributed by atoms with Gasteiger partial charge in [-0.05, 0) is 50.3 Å². The summed E-state index contributed by atoms with van der Waals surface area (Å²) < 4.78 is 6.49. The Morgan fingerprint density at radius 1 is 1.32 bits per heavy atom. The van der Waals surface area contributed by atoms with E-state index >= 15 is 0 Å². The topological polar surface area (TPSA) is 21.3 Å². The zero-order valence-corrected chi connectivity index (χ0v) is 12.5. The monoisotopic (exact) mass is 261 g/mol. The van der Waals surface area contributed by atoms with Crippen molar-refractivity contribution in [3.8, 4) is 0 Å². The summed E-state index contributed by atoms with van der Waals surface area (Å²) in [7, 11) is 0. The van der Waals surface area contributed by atoms with Crippen LogP contribution in [0.15, 0.2) is 24.3 Å². The molecule has 2 heteroatoms. The van der Waals surface area contributed by atoms with Crippen molar-refractivity contribution in [3.05, 3.63) is 35.4 Å². The van der Waals surface area contributed by atoms with Gasteiger partial charge in [-0.25, -0.2) is 0 Å². The van der Waals surface area contributed by atoms with Gasteiger partial charge in [0.25, 0.3) is 0 Å². The molecule has 0 aromatic heterocycles. The minimum absolute atomic E-state index is 0.0644. The summed E-state index contributed by atoms with van der Waals surface area (Å²) in [5.74, 6) is 0. The Kier molecular flexibility index (Phi) is 5.00. The molecule has 0 aliphatic heterocycles. The van der Waals surface area contributed by atoms with Crippen LogP contribution in [-0.4, -0.2) is 18.7 Å². The molecule has 0 spiro atoms. The van der Waals surface area contributed by atoms with E-state index in [1.165, 1.54) is 24.0 Å². The molecule has 0 saturated carbocycles. The molecule has 2 nitrogen and oxygen atoms in total. The molecule has 19 heavy (non-hydrogen) atoms. The molecule has 1 aromatic rings. The summed E-state index contributed by atoms with van der Waals surface area (Å²) in [5, 5.41) is 3.43. The van der Waals surface area contributed by atoms with Gasteiger partial charge in [0, 0.05) is 6.54 Å². The highest BCUT2D eigenvalue weighted by Crippen LogP contribution is 2.36. The minimum atomic E-state index is -0.0644. The van der Waals surface area contributed by atoms with Gasteiger partial charge in [-0.2, -0.15) is 0 Å². The zero-order valence-electron chi connectivity index (χ0n) is 12.5. The van der Waals surface area contributed by atoms with E-state index in [1.807, 2.05) is 0 Å². The third kappa shape index (κ3) is 3.58. The molecule has 1 N–H and O–H groups in total. The number of rotatable bonds is 6. The average molecular weight is 261 g/mol. The molecule has 0 bridgehead atoms. The van der Waals surface area contributed by atoms with Gasteiger partial charge >= 0.3 is 0 Å². The summed E-state index contributed by atoms with van der Waals surface area (Å²) >= 11 is 0. The van der Waals surface area contributed by atoms with Crippen molar-refractivity contribution in [3.63, 3.8) is 0 Å². The van der Waals surface area contributed by atoms with Gasteiger partial charge in [-0.3, -0.25) is 0 Å². The van der Waals surface area contributed by atoms with Gasteiger partial charge in [-0.1, -0.05) is 38.1 Å². The predicted octanol–water partition coefficient (Wildman–Crippen LogP) is 3.86. The van der Waals surface area contributed by atoms with E-state index in [-0.39, 0.29) is 11.7 Å². The number of aryl methyl sites for hydroxylation is 1. The summed E-state index contributed by atoms with van der Waals surface area (Å²) in [6.07, 6.45) is 4.90. The smallest absolute Gasteiger partial charge is 0.0835 e. The van der Waals surface area contributed by atoms with Gasteiger partial charge in [-0.15, -0.1) is 0 Å². The van der Waals surface area contributed by atoms with Crippen LogP contribution in [0, 0.1) is 0 Å². The van der Waals surface area contributed by atoms with Crippen LogP contribution in [0.3, 0.4) is 0 Å². The van der Waals surface area contributed by atoms with Gasteiger partial charge in [0.05, 0.1) is 11.7 Å². The van der Waals surface area contributed by atoms with Crippen LogP contribution in [0.25, 0.3) is 0 Å². The van der Waals surface area contributed by atoms with E-state index in [4.69, 9.17) is 4.74 Å². The Bertz CT molecular complexity index is 404. The lowest BCUT2D eigenvalue weighted by molar-refractivity contribution is -0.0913. The van der Waals surface area contributed by atoms with Crippen molar-refractivity contribution in [1.29, 1.82) is 0 Å². The van der Waals surface area contributed by atoms with E-state index in [1.54, 1.807) is 0 Å². The number of hydrogen-bond donors (Lipinski definition) is 1. The molecule has 1 aromatic carbocycles. The molecule has 1 aliphatic rings. The molecular weight excluding hydrogens is 234 g/mol. The highest BCUT2D eigenvalue weighted by Gasteiger charge is 2.29. The first-order valence-electron chi connectivity index (χ1n) is 7.65. The third-order valence-electron chi connectivity index (χ3n) is 4.24. The number of ether oxygens (including phenoxy) is 1. The molecule has 0 radical (unpaired) electrons. The van der Waals surface area contributed by atoms with Crippen LogP contribution in [0.1, 0.15) is 57.3 Å². The van der Waals surface area contributed by atoms with Crippen molar-refractivity contribution >= 4 is 0 Å². The van der Waals surface area contributed by atoms with Crippen molar-refractivity contribution < 1.29 is 4.74 Å². The van der Waals surface area contributed by atoms with Crippen molar-refractivity contribution in [2.45, 2.75) is 58.2 Å². The quantitative estimate of drug-likeness (QED) is 0.839. The summed E-state index contributed by atoms with van der Waals surface area (Å²) in [5.41, 5.74) is 2.82. The summed E-state index contributed by atoms with van der Waals surface area (Å²) in [6.45, 7) is 8.52. The van der Waals surface area contributed by atoms with Gasteiger partial charge in [0.15, 0.2) is 0 Å². The Labute approximate surface area is 117 Å². The zero-order chi connectivity index (χ0) is 13.7. The Morgan fingerprint density at radius 3 is 2.84 bits per heavy atom. The molecule has 2 atom stereocenters. The van der Waals surface area contributed by atoms with Crippen LogP contribution in [0.5, 0.6) is 0 Å². The number of benzene rings is 1. The number of hydrogen-bond acceptors (Lipinski definition) is 2. The lowest BCUT2D eigenvalue weighted by atomic mass is 9.88. The fraction of sp³-hybridized carbons (Fsp3) is 0.647. The van der Waals surface area contributed by atoms with Crippen LogP contribution in [0.4, 0.5) is 0 Å². The van der Waals surface area contributed by atoms with E-state index in [9.17, 15) is 0 Å².